The summed E-state index contributed by atoms with van der Waals surface area (Å²) in [5.74, 6) is 2.45. The Kier molecular flexibility index (Phi) is 9.37. The number of nitrogens with one attached hydrogen (secondary N) is 2. The van der Waals surface area contributed by atoms with E-state index >= 15 is 0 Å². The van der Waals surface area contributed by atoms with Crippen molar-refractivity contribution >= 4 is 68.8 Å². The molecule has 0 aliphatic carbocycles. The standard InChI is InChI=1S/C53H42N4OSe/c1-53(2,3)45-34-50(56-52-44(45)30-31-59-52)57-48-27-13-10-22-42(48)43-29-28-39(33-49(43)57)58-38-21-14-20-37(32-38)54-46-25-11-12-26-47(46)55-51-40(35-16-6-4-7-17-35)23-15-24-41(51)36-18-8-5-9-19-36/h4-34,54-55H,1-3H3. The minimum absolute atomic E-state index is 0.0209. The van der Waals surface area contributed by atoms with E-state index in [1.54, 1.807) is 0 Å². The van der Waals surface area contributed by atoms with E-state index in [9.17, 15) is 0 Å². The van der Waals surface area contributed by atoms with Crippen LogP contribution in [0, 0.1) is 0 Å². The molecule has 0 unspecified atom stereocenters. The summed E-state index contributed by atoms with van der Waals surface area (Å²) in [5.41, 5.74) is 11.9. The van der Waals surface area contributed by atoms with Gasteiger partial charge in [-0.15, -0.1) is 0 Å². The van der Waals surface area contributed by atoms with E-state index in [1.165, 1.54) is 26.1 Å². The second-order valence-electron chi connectivity index (χ2n) is 15.8. The molecule has 0 fully saturated rings. The number of nitrogens with zero attached hydrogens (tertiary/aromatic N) is 2. The average molecular weight is 830 g/mol. The van der Waals surface area contributed by atoms with Gasteiger partial charge in [0.2, 0.25) is 0 Å². The van der Waals surface area contributed by atoms with Crippen molar-refractivity contribution in [2.24, 2.45) is 0 Å². The number of rotatable bonds is 9. The van der Waals surface area contributed by atoms with Crippen LogP contribution in [-0.2, 0) is 5.41 Å². The Bertz CT molecular complexity index is 3070. The van der Waals surface area contributed by atoms with Gasteiger partial charge < -0.3 is 5.32 Å². The summed E-state index contributed by atoms with van der Waals surface area (Å²) in [4.78, 5) is 7.57. The Morgan fingerprint density at radius 2 is 1.15 bits per heavy atom. The number of benzene rings is 7. The number of hydrogen-bond acceptors (Lipinski definition) is 4. The van der Waals surface area contributed by atoms with Crippen molar-refractivity contribution < 1.29 is 4.74 Å². The maximum atomic E-state index is 6.66. The van der Waals surface area contributed by atoms with Crippen LogP contribution >= 0.6 is 0 Å². The summed E-state index contributed by atoms with van der Waals surface area (Å²) >= 11 is 0.214. The van der Waals surface area contributed by atoms with Gasteiger partial charge in [-0.1, -0.05) is 91.0 Å². The molecule has 6 heteroatoms. The maximum absolute atomic E-state index is 6.66. The van der Waals surface area contributed by atoms with Crippen LogP contribution in [0.1, 0.15) is 26.3 Å². The van der Waals surface area contributed by atoms with Gasteiger partial charge in [-0.2, -0.15) is 0 Å². The molecule has 5 nitrogen and oxygen atoms in total. The van der Waals surface area contributed by atoms with Crippen molar-refractivity contribution in [1.29, 1.82) is 0 Å². The van der Waals surface area contributed by atoms with Crippen molar-refractivity contribution in [2.75, 3.05) is 10.6 Å². The first-order valence-electron chi connectivity index (χ1n) is 19.9. The summed E-state index contributed by atoms with van der Waals surface area (Å²) in [6, 6.07) is 63.6. The molecule has 59 heavy (non-hydrogen) atoms. The van der Waals surface area contributed by atoms with Crippen LogP contribution < -0.4 is 15.4 Å². The first-order chi connectivity index (χ1) is 28.9. The predicted molar refractivity (Wildman–Crippen MR) is 249 cm³/mol. The van der Waals surface area contributed by atoms with Crippen molar-refractivity contribution in [2.45, 2.75) is 26.2 Å². The molecule has 0 radical (unpaired) electrons. The van der Waals surface area contributed by atoms with Crippen molar-refractivity contribution in [3.63, 3.8) is 0 Å². The van der Waals surface area contributed by atoms with Crippen LogP contribution in [0.5, 0.6) is 11.5 Å². The molecule has 3 aromatic heterocycles. The van der Waals surface area contributed by atoms with Gasteiger partial charge in [0.1, 0.15) is 0 Å². The third-order valence-corrected chi connectivity index (χ3v) is 12.6. The van der Waals surface area contributed by atoms with Gasteiger partial charge in [0.25, 0.3) is 0 Å². The number of anilines is 4. The monoisotopic (exact) mass is 830 g/mol. The van der Waals surface area contributed by atoms with E-state index in [4.69, 9.17) is 9.72 Å². The third kappa shape index (κ3) is 7.08. The van der Waals surface area contributed by atoms with Crippen LogP contribution in [0.25, 0.3) is 59.7 Å². The van der Waals surface area contributed by atoms with Gasteiger partial charge in [0.05, 0.1) is 17.1 Å². The molecule has 0 atom stereocenters. The Balaban J connectivity index is 0.987. The number of fused-ring (bicyclic) bond motifs is 4. The fraction of sp³-hybridized carbons (Fsp3) is 0.0755. The minimum atomic E-state index is -0.0209. The number of para-hydroxylation sites is 4. The molecule has 10 aromatic rings. The molecule has 0 saturated carbocycles. The molecule has 286 valence electrons. The number of ether oxygens (including phenoxy) is 1. The van der Waals surface area contributed by atoms with Crippen molar-refractivity contribution in [3.05, 3.63) is 192 Å². The Morgan fingerprint density at radius 1 is 0.525 bits per heavy atom. The molecule has 0 aliphatic rings. The summed E-state index contributed by atoms with van der Waals surface area (Å²) in [6.45, 7) is 6.86. The zero-order valence-electron chi connectivity index (χ0n) is 33.1. The summed E-state index contributed by atoms with van der Waals surface area (Å²) in [6.07, 6.45) is 0. The molecule has 10 rings (SSSR count). The summed E-state index contributed by atoms with van der Waals surface area (Å²) in [7, 11) is 0. The van der Waals surface area contributed by atoms with E-state index in [1.807, 2.05) is 12.1 Å². The van der Waals surface area contributed by atoms with Gasteiger partial charge in [0.15, 0.2) is 0 Å². The normalized spacial score (nSPS) is 11.6. The molecule has 0 spiro atoms. The number of hydrogen-bond donors (Lipinski definition) is 2. The average Bonchev–Trinajstić information content (AvgIpc) is 3.87. The molecule has 0 saturated heterocycles. The second kappa shape index (κ2) is 15.1. The number of aromatic nitrogens is 2. The molecule has 7 aromatic carbocycles. The topological polar surface area (TPSA) is 51.1 Å². The zero-order chi connectivity index (χ0) is 39.9. The van der Waals surface area contributed by atoms with Crippen LogP contribution in [-0.4, -0.2) is 24.1 Å². The molecule has 0 bridgehead atoms. The van der Waals surface area contributed by atoms with Gasteiger partial charge >= 0.3 is 204 Å². The summed E-state index contributed by atoms with van der Waals surface area (Å²) < 4.78 is 10.2. The zero-order valence-corrected chi connectivity index (χ0v) is 34.8. The van der Waals surface area contributed by atoms with E-state index in [-0.39, 0.29) is 19.9 Å². The molecular weight excluding hydrogens is 788 g/mol. The van der Waals surface area contributed by atoms with Gasteiger partial charge in [-0.05, 0) is 23.3 Å². The van der Waals surface area contributed by atoms with E-state index in [0.29, 0.717) is 0 Å². The van der Waals surface area contributed by atoms with Gasteiger partial charge in [-0.3, -0.25) is 0 Å². The molecular formula is C53H42N4OSe. The Labute approximate surface area is 350 Å². The van der Waals surface area contributed by atoms with E-state index in [2.05, 4.69) is 211 Å². The molecule has 2 N–H and O–H groups in total. The summed E-state index contributed by atoms with van der Waals surface area (Å²) in [5, 5.41) is 11.2. The predicted octanol–water partition coefficient (Wildman–Crippen LogP) is 14.3. The number of pyridine rings is 1. The molecule has 3 heterocycles. The van der Waals surface area contributed by atoms with Crippen LogP contribution in [0.2, 0.25) is 0 Å². The second-order valence-corrected chi connectivity index (χ2v) is 17.7. The fourth-order valence-corrected chi connectivity index (χ4v) is 9.75. The first-order valence-corrected chi connectivity index (χ1v) is 21.8. The van der Waals surface area contributed by atoms with Crippen LogP contribution in [0.4, 0.5) is 22.7 Å². The fourth-order valence-electron chi connectivity index (χ4n) is 8.10. The van der Waals surface area contributed by atoms with E-state index < -0.39 is 0 Å². The van der Waals surface area contributed by atoms with Gasteiger partial charge in [-0.25, -0.2) is 0 Å². The Morgan fingerprint density at radius 3 is 1.88 bits per heavy atom. The van der Waals surface area contributed by atoms with Crippen molar-refractivity contribution in [1.82, 2.24) is 9.55 Å². The molecule has 0 aliphatic heterocycles. The van der Waals surface area contributed by atoms with Crippen LogP contribution in [0.15, 0.2) is 187 Å². The van der Waals surface area contributed by atoms with Gasteiger partial charge in [0, 0.05) is 11.1 Å². The van der Waals surface area contributed by atoms with Crippen LogP contribution in [0.3, 0.4) is 0 Å². The quantitative estimate of drug-likeness (QED) is 0.142. The van der Waals surface area contributed by atoms with Crippen molar-refractivity contribution in [3.8, 4) is 39.6 Å². The SMILES string of the molecule is CC(C)(C)c1cc(-n2c3ccccc3c3ccc(Oc4cccc(Nc5ccccc5Nc5c(-c6ccccc6)cccc5-c5ccccc5)c4)cc32)nc2[se]ccc12. The first kappa shape index (κ1) is 36.5. The van der Waals surface area contributed by atoms with E-state index in [0.717, 1.165) is 73.4 Å². The molecule has 0 amide bonds. The Hall–Kier alpha value is -6.85. The third-order valence-electron chi connectivity index (χ3n) is 10.9.